The van der Waals surface area contributed by atoms with E-state index in [9.17, 15) is 9.59 Å². The van der Waals surface area contributed by atoms with Crippen molar-refractivity contribution in [1.29, 1.82) is 5.41 Å². The van der Waals surface area contributed by atoms with Crippen LogP contribution in [0, 0.1) is 19.3 Å². The molecule has 1 saturated carbocycles. The molecule has 1 saturated heterocycles. The van der Waals surface area contributed by atoms with Gasteiger partial charge in [0, 0.05) is 71.5 Å². The fourth-order valence-electron chi connectivity index (χ4n) is 5.84. The highest BCUT2D eigenvalue weighted by Crippen LogP contribution is 2.35. The first kappa shape index (κ1) is 29.0. The fourth-order valence-corrected chi connectivity index (χ4v) is 6.15. The Morgan fingerprint density at radius 1 is 1.15 bits per heavy atom. The summed E-state index contributed by atoms with van der Waals surface area (Å²) in [5.74, 6) is -0.348. The number of benzene rings is 2. The fraction of sp³-hybridized carbons (Fsp3) is 0.406. The summed E-state index contributed by atoms with van der Waals surface area (Å²) in [6.07, 6.45) is 5.65. The number of aromatic amines is 1. The number of halogens is 1. The zero-order valence-corrected chi connectivity index (χ0v) is 24.5. The zero-order chi connectivity index (χ0) is 28.9. The van der Waals surface area contributed by atoms with Crippen LogP contribution in [0.5, 0.6) is 0 Å². The van der Waals surface area contributed by atoms with Gasteiger partial charge in [-0.2, -0.15) is 0 Å². The van der Waals surface area contributed by atoms with Gasteiger partial charge in [-0.15, -0.1) is 0 Å². The number of carbonyl (C=O) groups is 1. The van der Waals surface area contributed by atoms with Gasteiger partial charge in [0.15, 0.2) is 0 Å². The van der Waals surface area contributed by atoms with Gasteiger partial charge in [0.05, 0.1) is 18.8 Å². The summed E-state index contributed by atoms with van der Waals surface area (Å²) in [6.45, 7) is 7.86. The summed E-state index contributed by atoms with van der Waals surface area (Å²) in [5.41, 5.74) is 6.27. The number of nitrogens with zero attached hydrogens (tertiary/aromatic N) is 1. The standard InChI is InChI=1S/C32H38ClN5O3/c1-20-13-21(2)36-32(40)28(20)18-35-31(39)26-15-23(16-30(27(26)17-34)37-24-5-3-4-6-24)25-8-7-22(14-29(25)33)19-38-9-11-41-12-10-38/h7-8,13-17,24,34,37H,3-6,9-12,18-19H2,1-2H3,(H,35,39)(H,36,40). The molecule has 1 aliphatic carbocycles. The van der Waals surface area contributed by atoms with E-state index in [0.717, 1.165) is 92.2 Å². The van der Waals surface area contributed by atoms with Crippen molar-refractivity contribution in [3.63, 3.8) is 0 Å². The average Bonchev–Trinajstić information content (AvgIpc) is 3.46. The number of hydrogen-bond donors (Lipinski definition) is 4. The number of aryl methyl sites for hydroxylation is 2. The third-order valence-corrected chi connectivity index (χ3v) is 8.37. The van der Waals surface area contributed by atoms with Crippen LogP contribution in [0.2, 0.25) is 5.02 Å². The van der Waals surface area contributed by atoms with Crippen molar-refractivity contribution in [2.45, 2.75) is 58.7 Å². The largest absolute Gasteiger partial charge is 0.382 e. The van der Waals surface area contributed by atoms with Gasteiger partial charge >= 0.3 is 0 Å². The molecule has 2 heterocycles. The summed E-state index contributed by atoms with van der Waals surface area (Å²) < 4.78 is 5.47. The van der Waals surface area contributed by atoms with Crippen molar-refractivity contribution in [2.75, 3.05) is 31.6 Å². The molecule has 41 heavy (non-hydrogen) atoms. The van der Waals surface area contributed by atoms with E-state index in [1.165, 1.54) is 6.21 Å². The monoisotopic (exact) mass is 575 g/mol. The van der Waals surface area contributed by atoms with Crippen LogP contribution in [0.15, 0.2) is 41.2 Å². The Morgan fingerprint density at radius 2 is 1.90 bits per heavy atom. The molecule has 1 aromatic heterocycles. The van der Waals surface area contributed by atoms with Crippen molar-refractivity contribution >= 4 is 29.4 Å². The van der Waals surface area contributed by atoms with Crippen LogP contribution in [-0.4, -0.2) is 54.4 Å². The molecule has 2 aromatic carbocycles. The van der Waals surface area contributed by atoms with Crippen LogP contribution < -0.4 is 16.2 Å². The Kier molecular flexibility index (Phi) is 9.22. The molecule has 1 aliphatic heterocycles. The van der Waals surface area contributed by atoms with Gasteiger partial charge in [0.2, 0.25) is 0 Å². The number of ether oxygens (including phenoxy) is 1. The summed E-state index contributed by atoms with van der Waals surface area (Å²) in [6, 6.07) is 12.1. The molecule has 0 spiro atoms. The lowest BCUT2D eigenvalue weighted by atomic mass is 9.95. The molecule has 0 bridgehead atoms. The maximum absolute atomic E-state index is 13.6. The quantitative estimate of drug-likeness (QED) is 0.254. The molecule has 9 heteroatoms. The van der Waals surface area contributed by atoms with Crippen LogP contribution in [0.4, 0.5) is 5.69 Å². The third-order valence-electron chi connectivity index (χ3n) is 8.06. The molecule has 1 amide bonds. The third kappa shape index (κ3) is 6.89. The molecule has 3 aromatic rings. The second-order valence-electron chi connectivity index (χ2n) is 11.1. The molecule has 0 unspecified atom stereocenters. The van der Waals surface area contributed by atoms with Gasteiger partial charge in [-0.05, 0) is 67.6 Å². The number of rotatable bonds is 9. The Morgan fingerprint density at radius 3 is 2.59 bits per heavy atom. The summed E-state index contributed by atoms with van der Waals surface area (Å²) in [4.78, 5) is 31.3. The molecule has 0 radical (unpaired) electrons. The Hall–Kier alpha value is -3.46. The summed E-state index contributed by atoms with van der Waals surface area (Å²) in [7, 11) is 0. The van der Waals surface area contributed by atoms with Gasteiger partial charge in [-0.1, -0.05) is 36.6 Å². The smallest absolute Gasteiger partial charge is 0.253 e. The van der Waals surface area contributed by atoms with Crippen LogP contribution in [0.25, 0.3) is 11.1 Å². The Bertz CT molecular complexity index is 1490. The van der Waals surface area contributed by atoms with E-state index in [2.05, 4.69) is 26.6 Å². The lowest BCUT2D eigenvalue weighted by Gasteiger charge is -2.26. The zero-order valence-electron chi connectivity index (χ0n) is 23.7. The highest BCUT2D eigenvalue weighted by Gasteiger charge is 2.22. The topological polar surface area (TPSA) is 110 Å². The second-order valence-corrected chi connectivity index (χ2v) is 11.5. The van der Waals surface area contributed by atoms with E-state index in [1.807, 2.05) is 38.1 Å². The Balaban J connectivity index is 1.47. The lowest BCUT2D eigenvalue weighted by Crippen LogP contribution is -2.35. The number of amides is 1. The molecular formula is C32H38ClN5O3. The maximum Gasteiger partial charge on any atom is 0.253 e. The number of H-pyrrole nitrogens is 1. The SMILES string of the molecule is Cc1cc(C)c(CNC(=O)c2cc(-c3ccc(CN4CCOCC4)cc3Cl)cc(NC3CCCC3)c2C=N)c(=O)[nH]1. The minimum atomic E-state index is -0.348. The average molecular weight is 576 g/mol. The van der Waals surface area contributed by atoms with Gasteiger partial charge in [-0.25, -0.2) is 0 Å². The minimum Gasteiger partial charge on any atom is -0.382 e. The van der Waals surface area contributed by atoms with Gasteiger partial charge in [0.25, 0.3) is 11.5 Å². The van der Waals surface area contributed by atoms with Crippen LogP contribution in [0.3, 0.4) is 0 Å². The number of pyridine rings is 1. The van der Waals surface area contributed by atoms with Crippen LogP contribution in [-0.2, 0) is 17.8 Å². The molecule has 2 fully saturated rings. The maximum atomic E-state index is 13.6. The van der Waals surface area contributed by atoms with E-state index in [1.54, 1.807) is 6.07 Å². The normalized spacial score (nSPS) is 16.1. The predicted molar refractivity (Wildman–Crippen MR) is 164 cm³/mol. The lowest BCUT2D eigenvalue weighted by molar-refractivity contribution is 0.0342. The molecule has 0 atom stereocenters. The van der Waals surface area contributed by atoms with Gasteiger partial charge in [-0.3, -0.25) is 14.5 Å². The summed E-state index contributed by atoms with van der Waals surface area (Å²) in [5, 5.41) is 15.3. The first-order valence-electron chi connectivity index (χ1n) is 14.3. The number of nitrogens with one attached hydrogen (secondary N) is 4. The van der Waals surface area contributed by atoms with Crippen molar-refractivity contribution in [3.8, 4) is 11.1 Å². The molecule has 5 rings (SSSR count). The molecule has 8 nitrogen and oxygen atoms in total. The van der Waals surface area contributed by atoms with Crippen molar-refractivity contribution < 1.29 is 9.53 Å². The van der Waals surface area contributed by atoms with Crippen molar-refractivity contribution in [3.05, 3.63) is 85.3 Å². The molecule has 4 N–H and O–H groups in total. The predicted octanol–water partition coefficient (Wildman–Crippen LogP) is 5.43. The minimum absolute atomic E-state index is 0.0876. The second kappa shape index (κ2) is 13.0. The highest BCUT2D eigenvalue weighted by atomic mass is 35.5. The number of hydrogen-bond acceptors (Lipinski definition) is 6. The van der Waals surface area contributed by atoms with E-state index in [0.29, 0.717) is 27.8 Å². The highest BCUT2D eigenvalue weighted by molar-refractivity contribution is 6.33. The first-order chi connectivity index (χ1) is 19.8. The van der Waals surface area contributed by atoms with Crippen molar-refractivity contribution in [1.82, 2.24) is 15.2 Å². The van der Waals surface area contributed by atoms with E-state index >= 15 is 0 Å². The van der Waals surface area contributed by atoms with Crippen molar-refractivity contribution in [2.24, 2.45) is 0 Å². The summed E-state index contributed by atoms with van der Waals surface area (Å²) >= 11 is 6.85. The van der Waals surface area contributed by atoms with Crippen LogP contribution in [0.1, 0.15) is 64.0 Å². The Labute approximate surface area is 246 Å². The van der Waals surface area contributed by atoms with E-state index < -0.39 is 0 Å². The van der Waals surface area contributed by atoms with Gasteiger partial charge in [0.1, 0.15) is 0 Å². The number of morpholine rings is 1. The van der Waals surface area contributed by atoms with Gasteiger partial charge < -0.3 is 25.8 Å². The number of aromatic nitrogens is 1. The molecule has 2 aliphatic rings. The van der Waals surface area contributed by atoms with E-state index in [4.69, 9.17) is 21.7 Å². The molecule has 216 valence electrons. The van der Waals surface area contributed by atoms with Crippen LogP contribution >= 0.6 is 11.6 Å². The molecular weight excluding hydrogens is 538 g/mol. The number of carbonyl (C=O) groups excluding carboxylic acids is 1. The first-order valence-corrected chi connectivity index (χ1v) is 14.7. The number of anilines is 1. The van der Waals surface area contributed by atoms with E-state index in [-0.39, 0.29) is 18.0 Å².